The average molecular weight is 395 g/mol. The van der Waals surface area contributed by atoms with E-state index in [9.17, 15) is 10.2 Å². The molecule has 1 unspecified atom stereocenters. The van der Waals surface area contributed by atoms with Gasteiger partial charge < -0.3 is 10.2 Å². The minimum Gasteiger partial charge on any atom is -0.507 e. The third-order valence-electron chi connectivity index (χ3n) is 7.00. The molecule has 158 valence electrons. The Hall–Kier alpha value is -1.96. The molecule has 2 aromatic carbocycles. The van der Waals surface area contributed by atoms with Gasteiger partial charge >= 0.3 is 0 Å². The van der Waals surface area contributed by atoms with Gasteiger partial charge in [-0.3, -0.25) is 0 Å². The fourth-order valence-electron chi connectivity index (χ4n) is 5.97. The van der Waals surface area contributed by atoms with Gasteiger partial charge in [0.25, 0.3) is 0 Å². The second-order valence-electron chi connectivity index (χ2n) is 10.2. The molecule has 0 spiro atoms. The fourth-order valence-corrected chi connectivity index (χ4v) is 5.97. The normalized spacial score (nSPS) is 20.6. The lowest BCUT2D eigenvalue weighted by molar-refractivity contribution is 0.126. The average Bonchev–Trinajstić information content (AvgIpc) is 2.64. The summed E-state index contributed by atoms with van der Waals surface area (Å²) in [5.74, 6) is 1.48. The zero-order valence-corrected chi connectivity index (χ0v) is 19.3. The molecule has 1 aliphatic rings. The monoisotopic (exact) mass is 394 g/mol. The second kappa shape index (κ2) is 7.70. The van der Waals surface area contributed by atoms with E-state index in [0.29, 0.717) is 17.4 Å². The molecule has 2 aromatic rings. The van der Waals surface area contributed by atoms with Crippen LogP contribution in [-0.4, -0.2) is 10.2 Å². The lowest BCUT2D eigenvalue weighted by atomic mass is 9.55. The van der Waals surface area contributed by atoms with Crippen molar-refractivity contribution < 1.29 is 10.2 Å². The van der Waals surface area contributed by atoms with Gasteiger partial charge in [0.1, 0.15) is 11.5 Å². The fraction of sp³-hybridized carbons (Fsp3) is 0.556. The molecule has 1 fully saturated rings. The number of aryl methyl sites for hydroxylation is 4. The second-order valence-corrected chi connectivity index (χ2v) is 10.2. The summed E-state index contributed by atoms with van der Waals surface area (Å²) >= 11 is 0. The molecular weight excluding hydrogens is 356 g/mol. The van der Waals surface area contributed by atoms with E-state index >= 15 is 0 Å². The molecule has 0 aromatic heterocycles. The number of phenols is 2. The quantitative estimate of drug-likeness (QED) is 0.588. The van der Waals surface area contributed by atoms with E-state index in [1.165, 1.54) is 17.5 Å². The Balaban J connectivity index is 2.33. The van der Waals surface area contributed by atoms with E-state index in [1.54, 1.807) is 0 Å². The Bertz CT molecular complexity index is 848. The van der Waals surface area contributed by atoms with E-state index in [1.807, 2.05) is 13.8 Å². The van der Waals surface area contributed by atoms with Crippen molar-refractivity contribution in [2.24, 2.45) is 11.3 Å². The standard InChI is InChI=1S/C27H38O2/c1-8-20-12-22(10-18(4)24(20)28)27(15-17(3)14-26(6,7)16-27)23-11-19(5)25(29)21(9-2)13-23/h10-13,17,28-29H,8-9,14-16H2,1-7H3. The molecule has 0 amide bonds. The largest absolute Gasteiger partial charge is 0.507 e. The van der Waals surface area contributed by atoms with Crippen molar-refractivity contribution in [2.75, 3.05) is 0 Å². The number of aromatic hydroxyl groups is 2. The van der Waals surface area contributed by atoms with Gasteiger partial charge in [0.05, 0.1) is 0 Å². The summed E-state index contributed by atoms with van der Waals surface area (Å²) in [5, 5.41) is 21.1. The Morgan fingerprint density at radius 3 is 1.66 bits per heavy atom. The van der Waals surface area contributed by atoms with Crippen LogP contribution in [0.3, 0.4) is 0 Å². The van der Waals surface area contributed by atoms with Gasteiger partial charge in [-0.1, -0.05) is 58.9 Å². The van der Waals surface area contributed by atoms with Crippen molar-refractivity contribution in [1.82, 2.24) is 0 Å². The maximum atomic E-state index is 10.6. The molecule has 0 saturated heterocycles. The van der Waals surface area contributed by atoms with Gasteiger partial charge in [-0.25, -0.2) is 0 Å². The van der Waals surface area contributed by atoms with Crippen molar-refractivity contribution in [3.63, 3.8) is 0 Å². The van der Waals surface area contributed by atoms with Crippen molar-refractivity contribution >= 4 is 0 Å². The summed E-state index contributed by atoms with van der Waals surface area (Å²) in [7, 11) is 0. The highest BCUT2D eigenvalue weighted by atomic mass is 16.3. The van der Waals surface area contributed by atoms with Crippen LogP contribution in [0.15, 0.2) is 24.3 Å². The Kier molecular flexibility index (Phi) is 5.77. The van der Waals surface area contributed by atoms with Crippen molar-refractivity contribution in [3.8, 4) is 11.5 Å². The summed E-state index contributed by atoms with van der Waals surface area (Å²) in [6.07, 6.45) is 5.04. The first-order valence-electron chi connectivity index (χ1n) is 11.2. The summed E-state index contributed by atoms with van der Waals surface area (Å²) in [6, 6.07) is 8.89. The maximum Gasteiger partial charge on any atom is 0.121 e. The summed E-state index contributed by atoms with van der Waals surface area (Å²) in [4.78, 5) is 0. The number of benzene rings is 2. The van der Waals surface area contributed by atoms with Crippen LogP contribution in [0, 0.1) is 25.2 Å². The summed E-state index contributed by atoms with van der Waals surface area (Å²) in [6.45, 7) is 15.4. The first-order chi connectivity index (χ1) is 13.5. The molecule has 3 rings (SSSR count). The SMILES string of the molecule is CCc1cc(C2(c3cc(C)c(O)c(CC)c3)CC(C)CC(C)(C)C2)cc(C)c1O. The van der Waals surface area contributed by atoms with Crippen LogP contribution in [0.4, 0.5) is 0 Å². The molecule has 1 saturated carbocycles. The molecule has 0 aliphatic heterocycles. The molecule has 1 aliphatic carbocycles. The minimum absolute atomic E-state index is 0.105. The molecule has 2 N–H and O–H groups in total. The molecular formula is C27H38O2. The zero-order valence-electron chi connectivity index (χ0n) is 19.3. The van der Waals surface area contributed by atoms with Crippen LogP contribution < -0.4 is 0 Å². The number of hydrogen-bond acceptors (Lipinski definition) is 2. The van der Waals surface area contributed by atoms with Crippen LogP contribution in [0.25, 0.3) is 0 Å². The molecule has 1 atom stereocenters. The maximum absolute atomic E-state index is 10.6. The predicted molar refractivity (Wildman–Crippen MR) is 122 cm³/mol. The third kappa shape index (κ3) is 3.91. The number of rotatable bonds is 4. The Morgan fingerprint density at radius 1 is 0.828 bits per heavy atom. The summed E-state index contributed by atoms with van der Waals surface area (Å²) in [5.41, 5.74) is 6.73. The van der Waals surface area contributed by atoms with Crippen molar-refractivity contribution in [1.29, 1.82) is 0 Å². The Labute approximate surface area is 177 Å². The topological polar surface area (TPSA) is 40.5 Å². The van der Waals surface area contributed by atoms with Crippen LogP contribution in [-0.2, 0) is 18.3 Å². The third-order valence-corrected chi connectivity index (χ3v) is 7.00. The molecule has 2 heteroatoms. The van der Waals surface area contributed by atoms with Crippen LogP contribution in [0.5, 0.6) is 11.5 Å². The predicted octanol–water partition coefficient (Wildman–Crippen LogP) is 6.97. The number of hydrogen-bond donors (Lipinski definition) is 2. The van der Waals surface area contributed by atoms with Crippen LogP contribution in [0.2, 0.25) is 0 Å². The first kappa shape index (κ1) is 21.7. The van der Waals surface area contributed by atoms with E-state index in [0.717, 1.165) is 47.9 Å². The lowest BCUT2D eigenvalue weighted by Gasteiger charge is -2.49. The van der Waals surface area contributed by atoms with Gasteiger partial charge in [0, 0.05) is 5.41 Å². The van der Waals surface area contributed by atoms with Crippen molar-refractivity contribution in [2.45, 2.75) is 86.0 Å². The molecule has 0 radical (unpaired) electrons. The van der Waals surface area contributed by atoms with Crippen LogP contribution >= 0.6 is 0 Å². The Morgan fingerprint density at radius 2 is 1.28 bits per heavy atom. The summed E-state index contributed by atoms with van der Waals surface area (Å²) < 4.78 is 0. The van der Waals surface area contributed by atoms with Crippen LogP contribution in [0.1, 0.15) is 87.3 Å². The van der Waals surface area contributed by atoms with Gasteiger partial charge in [-0.2, -0.15) is 0 Å². The van der Waals surface area contributed by atoms with Gasteiger partial charge in [-0.15, -0.1) is 0 Å². The number of phenolic OH excluding ortho intramolecular Hbond substituents is 2. The van der Waals surface area contributed by atoms with E-state index in [-0.39, 0.29) is 10.8 Å². The molecule has 0 heterocycles. The smallest absolute Gasteiger partial charge is 0.121 e. The van der Waals surface area contributed by atoms with E-state index in [4.69, 9.17) is 0 Å². The van der Waals surface area contributed by atoms with E-state index < -0.39 is 0 Å². The molecule has 29 heavy (non-hydrogen) atoms. The van der Waals surface area contributed by atoms with E-state index in [2.05, 4.69) is 58.9 Å². The minimum atomic E-state index is -0.105. The lowest BCUT2D eigenvalue weighted by Crippen LogP contribution is -2.41. The highest BCUT2D eigenvalue weighted by Crippen LogP contribution is 2.54. The highest BCUT2D eigenvalue weighted by molar-refractivity contribution is 5.53. The van der Waals surface area contributed by atoms with Crippen molar-refractivity contribution in [3.05, 3.63) is 57.6 Å². The molecule has 2 nitrogen and oxygen atoms in total. The van der Waals surface area contributed by atoms with Gasteiger partial charge in [0.15, 0.2) is 0 Å². The first-order valence-corrected chi connectivity index (χ1v) is 11.2. The van der Waals surface area contributed by atoms with Gasteiger partial charge in [-0.05, 0) is 90.7 Å². The zero-order chi connectivity index (χ0) is 21.6. The molecule has 0 bridgehead atoms. The highest BCUT2D eigenvalue weighted by Gasteiger charge is 2.45. The van der Waals surface area contributed by atoms with Gasteiger partial charge in [0.2, 0.25) is 0 Å².